The number of methoxy groups -OCH3 is 1. The number of benzene rings is 1. The number of rotatable bonds is 6. The van der Waals surface area contributed by atoms with Gasteiger partial charge >= 0.3 is 0 Å². The summed E-state index contributed by atoms with van der Waals surface area (Å²) in [4.78, 5) is 11.7. The molecule has 1 N–H and O–H groups in total. The number of halogens is 2. The van der Waals surface area contributed by atoms with Crippen molar-refractivity contribution in [1.29, 1.82) is 0 Å². The van der Waals surface area contributed by atoms with Crippen molar-refractivity contribution in [2.24, 2.45) is 0 Å². The summed E-state index contributed by atoms with van der Waals surface area (Å²) in [5, 5.41) is 2.73. The maximum Gasteiger partial charge on any atom is 0.252 e. The van der Waals surface area contributed by atoms with Crippen molar-refractivity contribution in [1.82, 2.24) is 5.32 Å². The third kappa shape index (κ3) is 4.44. The van der Waals surface area contributed by atoms with E-state index in [2.05, 4.69) is 21.2 Å². The van der Waals surface area contributed by atoms with E-state index >= 15 is 0 Å². The Hall–Kier alpha value is -0.940. The Morgan fingerprint density at radius 2 is 2.24 bits per heavy atom. The Kier molecular flexibility index (Phi) is 6.15. The van der Waals surface area contributed by atoms with Crippen LogP contribution in [0.3, 0.4) is 0 Å². The predicted octanol–water partition coefficient (Wildman–Crippen LogP) is 2.74. The molecular weight excluding hydrogens is 289 g/mol. The lowest BCUT2D eigenvalue weighted by atomic mass is 10.2. The summed E-state index contributed by atoms with van der Waals surface area (Å²) in [7, 11) is 1.64. The summed E-state index contributed by atoms with van der Waals surface area (Å²) in [5.41, 5.74) is 0.316. The van der Waals surface area contributed by atoms with Crippen molar-refractivity contribution >= 4 is 21.8 Å². The molecule has 5 heteroatoms. The number of amides is 1. The van der Waals surface area contributed by atoms with Crippen LogP contribution in [0, 0.1) is 5.82 Å². The summed E-state index contributed by atoms with van der Waals surface area (Å²) in [6.45, 7) is 1.24. The van der Waals surface area contributed by atoms with Crippen LogP contribution in [0.2, 0.25) is 0 Å². The largest absolute Gasteiger partial charge is 0.385 e. The molecule has 17 heavy (non-hydrogen) atoms. The molecule has 0 atom stereocenters. The summed E-state index contributed by atoms with van der Waals surface area (Å²) in [5.74, 6) is -0.703. The van der Waals surface area contributed by atoms with Crippen molar-refractivity contribution in [3.63, 3.8) is 0 Å². The highest BCUT2D eigenvalue weighted by Gasteiger charge is 2.11. The second-order valence-corrected chi connectivity index (χ2v) is 4.35. The van der Waals surface area contributed by atoms with Crippen molar-refractivity contribution in [2.75, 3.05) is 20.3 Å². The standard InChI is InChI=1S/C12H15BrFNO2/c1-17-8-3-2-7-15-12(16)9-5-4-6-10(14)11(9)13/h4-6H,2-3,7-8H2,1H3,(H,15,16). The molecule has 0 bridgehead atoms. The molecular formula is C12H15BrFNO2. The Morgan fingerprint density at radius 1 is 1.47 bits per heavy atom. The molecule has 0 aromatic heterocycles. The lowest BCUT2D eigenvalue weighted by Gasteiger charge is -2.07. The topological polar surface area (TPSA) is 38.3 Å². The normalized spacial score (nSPS) is 10.3. The smallest absolute Gasteiger partial charge is 0.252 e. The van der Waals surface area contributed by atoms with Gasteiger partial charge in [0, 0.05) is 20.3 Å². The summed E-state index contributed by atoms with van der Waals surface area (Å²) < 4.78 is 18.3. The zero-order valence-electron chi connectivity index (χ0n) is 9.63. The van der Waals surface area contributed by atoms with Gasteiger partial charge < -0.3 is 10.1 Å². The first-order chi connectivity index (χ1) is 8.16. The number of hydrogen-bond acceptors (Lipinski definition) is 2. The van der Waals surface area contributed by atoms with Crippen LogP contribution in [0.15, 0.2) is 22.7 Å². The van der Waals surface area contributed by atoms with Crippen molar-refractivity contribution in [3.8, 4) is 0 Å². The molecule has 0 heterocycles. The molecule has 1 aromatic carbocycles. The van der Waals surface area contributed by atoms with E-state index in [-0.39, 0.29) is 10.4 Å². The molecule has 0 spiro atoms. The van der Waals surface area contributed by atoms with Crippen LogP contribution >= 0.6 is 15.9 Å². The van der Waals surface area contributed by atoms with Crippen molar-refractivity contribution in [3.05, 3.63) is 34.1 Å². The van der Waals surface area contributed by atoms with Gasteiger partial charge in [-0.3, -0.25) is 4.79 Å². The highest BCUT2D eigenvalue weighted by atomic mass is 79.9. The van der Waals surface area contributed by atoms with E-state index in [0.29, 0.717) is 18.7 Å². The lowest BCUT2D eigenvalue weighted by molar-refractivity contribution is 0.0950. The summed E-state index contributed by atoms with van der Waals surface area (Å²) >= 11 is 3.06. The second kappa shape index (κ2) is 7.40. The Labute approximate surface area is 108 Å². The fourth-order valence-corrected chi connectivity index (χ4v) is 1.79. The average molecular weight is 304 g/mol. The zero-order chi connectivity index (χ0) is 12.7. The zero-order valence-corrected chi connectivity index (χ0v) is 11.2. The number of carbonyl (C=O) groups excluding carboxylic acids is 1. The van der Waals surface area contributed by atoms with Gasteiger partial charge in [-0.05, 0) is 40.9 Å². The van der Waals surface area contributed by atoms with E-state index in [1.165, 1.54) is 12.1 Å². The summed E-state index contributed by atoms with van der Waals surface area (Å²) in [6.07, 6.45) is 1.73. The van der Waals surface area contributed by atoms with Gasteiger partial charge in [-0.15, -0.1) is 0 Å². The molecule has 1 amide bonds. The molecule has 0 aliphatic rings. The number of carbonyl (C=O) groups is 1. The quantitative estimate of drug-likeness (QED) is 0.821. The Morgan fingerprint density at radius 3 is 2.94 bits per heavy atom. The van der Waals surface area contributed by atoms with Crippen molar-refractivity contribution in [2.45, 2.75) is 12.8 Å². The minimum atomic E-state index is -0.433. The molecule has 0 saturated heterocycles. The van der Waals surface area contributed by atoms with Gasteiger partial charge in [0.2, 0.25) is 0 Å². The molecule has 1 rings (SSSR count). The molecule has 0 saturated carbocycles. The van der Waals surface area contributed by atoms with E-state index in [0.717, 1.165) is 12.8 Å². The van der Waals surface area contributed by atoms with Crippen LogP contribution in [-0.2, 0) is 4.74 Å². The van der Waals surface area contributed by atoms with Crippen LogP contribution in [0.1, 0.15) is 23.2 Å². The van der Waals surface area contributed by atoms with Crippen LogP contribution in [-0.4, -0.2) is 26.2 Å². The molecule has 0 radical (unpaired) electrons. The first-order valence-electron chi connectivity index (χ1n) is 5.38. The molecule has 3 nitrogen and oxygen atoms in total. The van der Waals surface area contributed by atoms with Gasteiger partial charge in [0.05, 0.1) is 10.0 Å². The summed E-state index contributed by atoms with van der Waals surface area (Å²) in [6, 6.07) is 4.40. The van der Waals surface area contributed by atoms with Gasteiger partial charge in [-0.25, -0.2) is 4.39 Å². The number of hydrogen-bond donors (Lipinski definition) is 1. The SMILES string of the molecule is COCCCCNC(=O)c1cccc(F)c1Br. The molecule has 0 aliphatic carbocycles. The van der Waals surface area contributed by atoms with Gasteiger partial charge in [-0.1, -0.05) is 6.07 Å². The lowest BCUT2D eigenvalue weighted by Crippen LogP contribution is -2.25. The molecule has 1 aromatic rings. The average Bonchev–Trinajstić information content (AvgIpc) is 2.32. The van der Waals surface area contributed by atoms with E-state index < -0.39 is 5.82 Å². The van der Waals surface area contributed by atoms with Gasteiger partial charge in [-0.2, -0.15) is 0 Å². The Balaban J connectivity index is 2.44. The molecule has 0 aliphatic heterocycles. The monoisotopic (exact) mass is 303 g/mol. The fraction of sp³-hybridized carbons (Fsp3) is 0.417. The first kappa shape index (κ1) is 14.1. The van der Waals surface area contributed by atoms with Crippen LogP contribution in [0.4, 0.5) is 4.39 Å². The van der Waals surface area contributed by atoms with E-state index in [9.17, 15) is 9.18 Å². The maximum atomic E-state index is 13.2. The third-order valence-corrected chi connectivity index (χ3v) is 3.06. The van der Waals surface area contributed by atoms with E-state index in [1.807, 2.05) is 0 Å². The second-order valence-electron chi connectivity index (χ2n) is 3.56. The van der Waals surface area contributed by atoms with Gasteiger partial charge in [0.1, 0.15) is 5.82 Å². The van der Waals surface area contributed by atoms with Crippen LogP contribution in [0.5, 0.6) is 0 Å². The molecule has 0 unspecified atom stereocenters. The van der Waals surface area contributed by atoms with E-state index in [4.69, 9.17) is 4.74 Å². The minimum Gasteiger partial charge on any atom is -0.385 e. The number of ether oxygens (including phenoxy) is 1. The molecule has 0 fully saturated rings. The maximum absolute atomic E-state index is 13.2. The van der Waals surface area contributed by atoms with Gasteiger partial charge in [0.15, 0.2) is 0 Å². The van der Waals surface area contributed by atoms with Crippen LogP contribution < -0.4 is 5.32 Å². The Bertz CT molecular complexity index is 385. The first-order valence-corrected chi connectivity index (χ1v) is 6.17. The third-order valence-electron chi connectivity index (χ3n) is 2.26. The van der Waals surface area contributed by atoms with Crippen LogP contribution in [0.25, 0.3) is 0 Å². The highest BCUT2D eigenvalue weighted by Crippen LogP contribution is 2.20. The number of unbranched alkanes of at least 4 members (excludes halogenated alkanes) is 1. The fourth-order valence-electron chi connectivity index (χ4n) is 1.35. The highest BCUT2D eigenvalue weighted by molar-refractivity contribution is 9.10. The van der Waals surface area contributed by atoms with Crippen molar-refractivity contribution < 1.29 is 13.9 Å². The molecule has 94 valence electrons. The van der Waals surface area contributed by atoms with E-state index in [1.54, 1.807) is 13.2 Å². The predicted molar refractivity (Wildman–Crippen MR) is 67.5 cm³/mol. The minimum absolute atomic E-state index is 0.203. The number of nitrogens with one attached hydrogen (secondary N) is 1. The van der Waals surface area contributed by atoms with Gasteiger partial charge in [0.25, 0.3) is 5.91 Å².